The number of nitrogens with two attached hydrogens (primary N) is 2. The van der Waals surface area contributed by atoms with E-state index in [0.717, 1.165) is 24.2 Å². The Morgan fingerprint density at radius 2 is 2.08 bits per heavy atom. The number of aromatic nitrogens is 2. The third kappa shape index (κ3) is 3.18. The molecule has 136 valence electrons. The van der Waals surface area contributed by atoms with Gasteiger partial charge in [0.25, 0.3) is 0 Å². The van der Waals surface area contributed by atoms with E-state index in [0.29, 0.717) is 33.4 Å². The molecule has 0 saturated heterocycles. The normalized spacial score (nSPS) is 13.2. The summed E-state index contributed by atoms with van der Waals surface area (Å²) in [5.41, 5.74) is 11.1. The van der Waals surface area contributed by atoms with Gasteiger partial charge in [0.05, 0.1) is 21.6 Å². The summed E-state index contributed by atoms with van der Waals surface area (Å²) in [6.07, 6.45) is 2.71. The highest BCUT2D eigenvalue weighted by molar-refractivity contribution is 7.21. The maximum atomic E-state index is 14.4. The second-order valence-corrected chi connectivity index (χ2v) is 6.66. The summed E-state index contributed by atoms with van der Waals surface area (Å²) in [5.74, 6) is -0.894. The number of carbonyl (C=O) groups is 1. The lowest BCUT2D eigenvalue weighted by molar-refractivity contribution is 0.112. The van der Waals surface area contributed by atoms with E-state index in [9.17, 15) is 14.3 Å². The fraction of sp³-hybridized carbons (Fsp3) is 0.235. The smallest absolute Gasteiger partial charge is 0.224 e. The number of carbonyl (C=O) groups excluding carboxylic acids is 1. The van der Waals surface area contributed by atoms with E-state index in [1.165, 1.54) is 25.2 Å². The number of aromatic hydroxyl groups is 1. The summed E-state index contributed by atoms with van der Waals surface area (Å²) in [7, 11) is 1.50. The van der Waals surface area contributed by atoms with Crippen molar-refractivity contribution in [2.45, 2.75) is 18.9 Å². The molecule has 0 bridgehead atoms. The lowest BCUT2D eigenvalue weighted by Gasteiger charge is -2.09. The molecule has 0 amide bonds. The minimum Gasteiger partial charge on any atom is -0.505 e. The van der Waals surface area contributed by atoms with Crippen molar-refractivity contribution < 1.29 is 14.3 Å². The number of fused-ring (bicyclic) bond motifs is 1. The number of halogens is 1. The monoisotopic (exact) mass is 375 g/mol. The number of nitrogen functional groups attached to an aromatic ring is 1. The number of thiophene rings is 1. The highest BCUT2D eigenvalue weighted by Crippen LogP contribution is 2.40. The first-order valence-corrected chi connectivity index (χ1v) is 8.77. The molecule has 7 nitrogen and oxygen atoms in total. The van der Waals surface area contributed by atoms with Crippen molar-refractivity contribution in [1.82, 2.24) is 9.97 Å². The van der Waals surface area contributed by atoms with Crippen LogP contribution in [0.5, 0.6) is 5.75 Å². The Labute approximate surface area is 152 Å². The molecule has 0 radical (unpaired) electrons. The van der Waals surface area contributed by atoms with Crippen LogP contribution in [0.1, 0.15) is 22.5 Å². The van der Waals surface area contributed by atoms with E-state index in [1.807, 2.05) is 0 Å². The summed E-state index contributed by atoms with van der Waals surface area (Å²) in [4.78, 5) is 20.8. The van der Waals surface area contributed by atoms with Gasteiger partial charge in [-0.15, -0.1) is 11.3 Å². The average Bonchev–Trinajstić information content (AvgIpc) is 3.40. The molecule has 4 rings (SSSR count). The summed E-state index contributed by atoms with van der Waals surface area (Å²) < 4.78 is 14.4. The van der Waals surface area contributed by atoms with Crippen LogP contribution in [0.25, 0.3) is 21.5 Å². The van der Waals surface area contributed by atoms with E-state index < -0.39 is 11.6 Å². The van der Waals surface area contributed by atoms with Crippen molar-refractivity contribution in [3.8, 4) is 17.0 Å². The number of hydrogen-bond acceptors (Lipinski definition) is 8. The first kappa shape index (κ1) is 18.0. The molecule has 2 heterocycles. The lowest BCUT2D eigenvalue weighted by Crippen LogP contribution is -2.06. The molecule has 3 aromatic rings. The predicted octanol–water partition coefficient (Wildman–Crippen LogP) is 2.75. The highest BCUT2D eigenvalue weighted by atomic mass is 32.1. The Morgan fingerprint density at radius 3 is 2.73 bits per heavy atom. The predicted molar refractivity (Wildman–Crippen MR) is 101 cm³/mol. The van der Waals surface area contributed by atoms with Crippen molar-refractivity contribution in [3.63, 3.8) is 0 Å². The van der Waals surface area contributed by atoms with Gasteiger partial charge in [-0.05, 0) is 32.0 Å². The van der Waals surface area contributed by atoms with Gasteiger partial charge in [0.15, 0.2) is 17.9 Å². The molecular formula is C17H18FN5O2S. The summed E-state index contributed by atoms with van der Waals surface area (Å²) >= 11 is 1.14. The van der Waals surface area contributed by atoms with Gasteiger partial charge in [-0.2, -0.15) is 0 Å². The van der Waals surface area contributed by atoms with Crippen LogP contribution < -0.4 is 16.8 Å². The molecule has 1 aliphatic rings. The zero-order valence-corrected chi connectivity index (χ0v) is 14.8. The number of phenolic OH excluding ortho intramolecular Hbond substituents is 1. The van der Waals surface area contributed by atoms with Crippen LogP contribution in [-0.4, -0.2) is 34.5 Å². The molecule has 0 aliphatic heterocycles. The van der Waals surface area contributed by atoms with E-state index in [1.54, 1.807) is 0 Å². The van der Waals surface area contributed by atoms with Gasteiger partial charge in [-0.3, -0.25) is 4.79 Å². The fourth-order valence-electron chi connectivity index (χ4n) is 2.50. The van der Waals surface area contributed by atoms with E-state index in [2.05, 4.69) is 21.0 Å². The average molecular weight is 375 g/mol. The van der Waals surface area contributed by atoms with Gasteiger partial charge >= 0.3 is 0 Å². The molecular weight excluding hydrogens is 357 g/mol. The van der Waals surface area contributed by atoms with Crippen LogP contribution in [-0.2, 0) is 0 Å². The number of hydrogen-bond donors (Lipinski definition) is 4. The maximum absolute atomic E-state index is 14.4. The van der Waals surface area contributed by atoms with Gasteiger partial charge in [-0.25, -0.2) is 14.4 Å². The van der Waals surface area contributed by atoms with Crippen LogP contribution in [0, 0.1) is 5.82 Å². The van der Waals surface area contributed by atoms with Gasteiger partial charge < -0.3 is 21.9 Å². The zero-order chi connectivity index (χ0) is 18.8. The number of nitrogens with zero attached hydrogens (tertiary/aromatic N) is 2. The molecule has 1 aliphatic carbocycles. The largest absolute Gasteiger partial charge is 0.505 e. The van der Waals surface area contributed by atoms with Gasteiger partial charge in [0.2, 0.25) is 5.95 Å². The summed E-state index contributed by atoms with van der Waals surface area (Å²) in [5, 5.41) is 13.3. The van der Waals surface area contributed by atoms with E-state index in [-0.39, 0.29) is 16.9 Å². The molecule has 6 N–H and O–H groups in total. The lowest BCUT2D eigenvalue weighted by atomic mass is 10.1. The number of benzene rings is 1. The second-order valence-electron chi connectivity index (χ2n) is 5.63. The van der Waals surface area contributed by atoms with Crippen LogP contribution >= 0.6 is 11.3 Å². The zero-order valence-electron chi connectivity index (χ0n) is 14.0. The maximum Gasteiger partial charge on any atom is 0.224 e. The fourth-order valence-corrected chi connectivity index (χ4v) is 3.41. The SMILES string of the molecule is CN.Nc1c(C=O)sc2nc(NC3CC3)nc(-c3cccc(O)c3F)c12. The van der Waals surface area contributed by atoms with Crippen LogP contribution in [0.3, 0.4) is 0 Å². The molecule has 0 unspecified atom stereocenters. The number of phenols is 1. The Hall–Kier alpha value is -2.78. The van der Waals surface area contributed by atoms with E-state index in [4.69, 9.17) is 5.73 Å². The number of rotatable bonds is 4. The molecule has 1 saturated carbocycles. The van der Waals surface area contributed by atoms with Crippen LogP contribution in [0.15, 0.2) is 18.2 Å². The van der Waals surface area contributed by atoms with Crippen LogP contribution in [0.4, 0.5) is 16.0 Å². The minimum absolute atomic E-state index is 0.114. The van der Waals surface area contributed by atoms with E-state index >= 15 is 0 Å². The molecule has 0 atom stereocenters. The van der Waals surface area contributed by atoms with Crippen molar-refractivity contribution in [1.29, 1.82) is 0 Å². The number of aldehydes is 1. The molecule has 9 heteroatoms. The van der Waals surface area contributed by atoms with Gasteiger partial charge in [0, 0.05) is 11.6 Å². The first-order valence-electron chi connectivity index (χ1n) is 7.95. The summed E-state index contributed by atoms with van der Waals surface area (Å²) in [6, 6.07) is 4.61. The van der Waals surface area contributed by atoms with Crippen molar-refractivity contribution in [2.24, 2.45) is 5.73 Å². The highest BCUT2D eigenvalue weighted by Gasteiger charge is 2.25. The molecule has 0 spiro atoms. The minimum atomic E-state index is -0.784. The topological polar surface area (TPSA) is 127 Å². The molecule has 2 aromatic heterocycles. The molecule has 26 heavy (non-hydrogen) atoms. The quantitative estimate of drug-likeness (QED) is 0.516. The molecule has 1 aromatic carbocycles. The van der Waals surface area contributed by atoms with Crippen LogP contribution in [0.2, 0.25) is 0 Å². The Balaban J connectivity index is 0.000000948. The number of nitrogens with one attached hydrogen (secondary N) is 1. The van der Waals surface area contributed by atoms with Crippen molar-refractivity contribution in [2.75, 3.05) is 18.1 Å². The molecule has 1 fully saturated rings. The Kier molecular flexibility index (Phi) is 5.01. The second kappa shape index (κ2) is 7.22. The third-order valence-corrected chi connectivity index (χ3v) is 4.89. The van der Waals surface area contributed by atoms with Gasteiger partial charge in [-0.1, -0.05) is 6.07 Å². The standard InChI is InChI=1S/C16H13FN4O2S.CH5N/c17-12-8(2-1-3-9(12)23)14-11-13(18)10(6-22)24-15(11)21-16(20-14)19-7-4-5-7;1-2/h1-3,6-7,23H,4-5,18H2,(H,19,20,21);2H2,1H3. The van der Waals surface area contributed by atoms with Crippen molar-refractivity contribution in [3.05, 3.63) is 28.9 Å². The Morgan fingerprint density at radius 1 is 1.35 bits per heavy atom. The Bertz CT molecular complexity index is 971. The summed E-state index contributed by atoms with van der Waals surface area (Å²) in [6.45, 7) is 0. The third-order valence-electron chi connectivity index (χ3n) is 3.87. The number of anilines is 2. The van der Waals surface area contributed by atoms with Crippen molar-refractivity contribution >= 4 is 39.5 Å². The van der Waals surface area contributed by atoms with Gasteiger partial charge in [0.1, 0.15) is 4.83 Å². The first-order chi connectivity index (χ1) is 12.6.